The Balaban J connectivity index is 0.00000289. The Morgan fingerprint density at radius 3 is 2.88 bits per heavy atom. The number of fused-ring (bicyclic) bond motifs is 2. The zero-order chi connectivity index (χ0) is 21.6. The van der Waals surface area contributed by atoms with E-state index >= 15 is 0 Å². The van der Waals surface area contributed by atoms with Crippen LogP contribution in [0, 0.1) is 18.8 Å². The van der Waals surface area contributed by atoms with Crippen LogP contribution in [0.3, 0.4) is 0 Å². The van der Waals surface area contributed by atoms with E-state index < -0.39 is 0 Å². The van der Waals surface area contributed by atoms with Crippen molar-refractivity contribution < 1.29 is 4.74 Å². The fourth-order valence-electron chi connectivity index (χ4n) is 5.17. The number of nitrogens with one attached hydrogen (secondary N) is 2. The van der Waals surface area contributed by atoms with E-state index in [-0.39, 0.29) is 24.0 Å². The summed E-state index contributed by atoms with van der Waals surface area (Å²) >= 11 is 0. The summed E-state index contributed by atoms with van der Waals surface area (Å²) in [6.07, 6.45) is 8.99. The average molecular weight is 553 g/mol. The summed E-state index contributed by atoms with van der Waals surface area (Å²) in [6.45, 7) is 6.58. The fourth-order valence-corrected chi connectivity index (χ4v) is 5.17. The number of aliphatic imine (C=N–C) groups is 1. The molecule has 2 aliphatic rings. The van der Waals surface area contributed by atoms with Gasteiger partial charge in [-0.3, -0.25) is 4.99 Å². The second kappa shape index (κ2) is 11.9. The van der Waals surface area contributed by atoms with Crippen LogP contribution >= 0.6 is 24.0 Å². The highest BCUT2D eigenvalue weighted by atomic mass is 127. The molecular formula is C24H37IN6O. The van der Waals surface area contributed by atoms with Gasteiger partial charge in [0.25, 0.3) is 0 Å². The molecule has 8 heteroatoms. The van der Waals surface area contributed by atoms with E-state index in [0.29, 0.717) is 6.04 Å². The molecule has 2 aromatic rings. The molecule has 2 aliphatic carbocycles. The number of rotatable bonds is 9. The van der Waals surface area contributed by atoms with Gasteiger partial charge in [0.1, 0.15) is 17.9 Å². The smallest absolute Gasteiger partial charge is 0.191 e. The van der Waals surface area contributed by atoms with Crippen molar-refractivity contribution in [3.8, 4) is 5.75 Å². The van der Waals surface area contributed by atoms with Gasteiger partial charge in [-0.15, -0.1) is 34.2 Å². The topological polar surface area (TPSA) is 76.4 Å². The molecule has 1 aromatic carbocycles. The second-order valence-corrected chi connectivity index (χ2v) is 8.94. The van der Waals surface area contributed by atoms with Gasteiger partial charge < -0.3 is 19.9 Å². The number of benzene rings is 1. The Morgan fingerprint density at radius 1 is 1.28 bits per heavy atom. The van der Waals surface area contributed by atoms with Crippen LogP contribution in [-0.2, 0) is 19.4 Å². The molecule has 1 aromatic heterocycles. The van der Waals surface area contributed by atoms with E-state index in [1.807, 2.05) is 12.4 Å². The highest BCUT2D eigenvalue weighted by Crippen LogP contribution is 2.44. The Morgan fingerprint density at radius 2 is 2.16 bits per heavy atom. The van der Waals surface area contributed by atoms with Crippen molar-refractivity contribution >= 4 is 29.9 Å². The molecular weight excluding hydrogens is 515 g/mol. The van der Waals surface area contributed by atoms with Crippen molar-refractivity contribution in [2.45, 2.75) is 65.0 Å². The van der Waals surface area contributed by atoms with Crippen LogP contribution in [0.2, 0.25) is 0 Å². The minimum atomic E-state index is 0. The first-order valence-electron chi connectivity index (χ1n) is 11.7. The van der Waals surface area contributed by atoms with E-state index in [1.165, 1.54) is 36.8 Å². The molecule has 0 aliphatic heterocycles. The van der Waals surface area contributed by atoms with E-state index in [4.69, 9.17) is 9.73 Å². The van der Waals surface area contributed by atoms with Gasteiger partial charge in [0.15, 0.2) is 5.96 Å². The molecule has 3 atom stereocenters. The van der Waals surface area contributed by atoms with Gasteiger partial charge in [0, 0.05) is 32.1 Å². The predicted molar refractivity (Wildman–Crippen MR) is 139 cm³/mol. The number of nitrogens with zero attached hydrogens (tertiary/aromatic N) is 4. The van der Waals surface area contributed by atoms with Gasteiger partial charge in [-0.1, -0.05) is 31.0 Å². The summed E-state index contributed by atoms with van der Waals surface area (Å²) in [5, 5.41) is 15.5. The first kappa shape index (κ1) is 24.8. The van der Waals surface area contributed by atoms with E-state index in [1.54, 1.807) is 7.11 Å². The van der Waals surface area contributed by atoms with Gasteiger partial charge >= 0.3 is 0 Å². The van der Waals surface area contributed by atoms with Crippen LogP contribution in [0.5, 0.6) is 5.75 Å². The molecule has 0 amide bonds. The number of methoxy groups -OCH3 is 1. The summed E-state index contributed by atoms with van der Waals surface area (Å²) in [6, 6.07) is 6.89. The maximum atomic E-state index is 5.53. The van der Waals surface area contributed by atoms with Crippen LogP contribution in [0.15, 0.2) is 29.5 Å². The highest BCUT2D eigenvalue weighted by molar-refractivity contribution is 14.0. The molecule has 2 fully saturated rings. The van der Waals surface area contributed by atoms with Crippen LogP contribution in [0.1, 0.15) is 49.6 Å². The molecule has 0 saturated heterocycles. The number of halogens is 1. The third-order valence-electron chi connectivity index (χ3n) is 6.80. The summed E-state index contributed by atoms with van der Waals surface area (Å²) < 4.78 is 7.64. The van der Waals surface area contributed by atoms with Crippen LogP contribution in [0.4, 0.5) is 0 Å². The lowest BCUT2D eigenvalue weighted by Crippen LogP contribution is -2.46. The third-order valence-corrected chi connectivity index (χ3v) is 6.80. The molecule has 32 heavy (non-hydrogen) atoms. The highest BCUT2D eigenvalue weighted by Gasteiger charge is 2.39. The minimum absolute atomic E-state index is 0. The molecule has 7 nitrogen and oxygen atoms in total. The van der Waals surface area contributed by atoms with Crippen molar-refractivity contribution in [2.24, 2.45) is 16.8 Å². The molecule has 0 radical (unpaired) electrons. The number of aromatic nitrogens is 3. The Kier molecular flexibility index (Phi) is 9.19. The summed E-state index contributed by atoms with van der Waals surface area (Å²) in [4.78, 5) is 4.93. The van der Waals surface area contributed by atoms with Gasteiger partial charge in [-0.2, -0.15) is 0 Å². The van der Waals surface area contributed by atoms with Crippen molar-refractivity contribution in [3.05, 3.63) is 41.5 Å². The van der Waals surface area contributed by atoms with Crippen molar-refractivity contribution in [1.29, 1.82) is 0 Å². The Labute approximate surface area is 208 Å². The number of hydrogen-bond donors (Lipinski definition) is 2. The van der Waals surface area contributed by atoms with Crippen molar-refractivity contribution in [3.63, 3.8) is 0 Å². The first-order valence-corrected chi connectivity index (χ1v) is 11.7. The molecule has 2 bridgehead atoms. The summed E-state index contributed by atoms with van der Waals surface area (Å²) in [5.41, 5.74) is 2.46. The third kappa shape index (κ3) is 6.14. The standard InChI is InChI=1S/C24H36N6O.HI/c1-4-23-29-27-16-30(23)12-11-26-24(28-21-15-18-6-7-19(21)14-18)25-10-9-20-13-17(2)5-8-22(20)31-3;/h5,8,13,16,18-19,21H,4,6-7,9-12,14-15H2,1-3H3,(H2,25,26,28);1H. The first-order chi connectivity index (χ1) is 15.2. The molecule has 2 N–H and O–H groups in total. The Hall–Kier alpha value is -1.84. The van der Waals surface area contributed by atoms with Gasteiger partial charge in [-0.05, 0) is 56.1 Å². The van der Waals surface area contributed by atoms with Gasteiger partial charge in [0.05, 0.1) is 7.11 Å². The number of aryl methyl sites for hydroxylation is 2. The minimum Gasteiger partial charge on any atom is -0.496 e. The van der Waals surface area contributed by atoms with Crippen LogP contribution < -0.4 is 15.4 Å². The van der Waals surface area contributed by atoms with Gasteiger partial charge in [-0.25, -0.2) is 0 Å². The largest absolute Gasteiger partial charge is 0.496 e. The summed E-state index contributed by atoms with van der Waals surface area (Å²) in [7, 11) is 1.73. The molecule has 2 saturated carbocycles. The Bertz CT molecular complexity index is 898. The predicted octanol–water partition coefficient (Wildman–Crippen LogP) is 3.74. The van der Waals surface area contributed by atoms with Gasteiger partial charge in [0.2, 0.25) is 0 Å². The zero-order valence-corrected chi connectivity index (χ0v) is 21.8. The number of guanidine groups is 1. The SMILES string of the molecule is CCc1nncn1CCNC(=NCCc1cc(C)ccc1OC)NC1CC2CCC1C2.I. The molecule has 176 valence electrons. The van der Waals surface area contributed by atoms with E-state index in [2.05, 4.69) is 51.4 Å². The van der Waals surface area contributed by atoms with Crippen molar-refractivity contribution in [1.82, 2.24) is 25.4 Å². The van der Waals surface area contributed by atoms with Crippen molar-refractivity contribution in [2.75, 3.05) is 20.2 Å². The van der Waals surface area contributed by atoms with Crippen LogP contribution in [0.25, 0.3) is 0 Å². The number of ether oxygens (including phenoxy) is 1. The van der Waals surface area contributed by atoms with E-state index in [0.717, 1.165) is 61.8 Å². The molecule has 0 spiro atoms. The average Bonchev–Trinajstić information content (AvgIpc) is 3.51. The fraction of sp³-hybridized carbons (Fsp3) is 0.625. The lowest BCUT2D eigenvalue weighted by atomic mass is 9.95. The maximum absolute atomic E-state index is 5.53. The van der Waals surface area contributed by atoms with Crippen LogP contribution in [-0.4, -0.2) is 47.0 Å². The molecule has 3 unspecified atom stereocenters. The maximum Gasteiger partial charge on any atom is 0.191 e. The van der Waals surface area contributed by atoms with E-state index in [9.17, 15) is 0 Å². The lowest BCUT2D eigenvalue weighted by molar-refractivity contribution is 0.386. The monoisotopic (exact) mass is 552 g/mol. The normalized spacial score (nSPS) is 22.0. The quantitative estimate of drug-likeness (QED) is 0.282. The molecule has 4 rings (SSSR count). The lowest BCUT2D eigenvalue weighted by Gasteiger charge is -2.25. The summed E-state index contributed by atoms with van der Waals surface area (Å²) in [5.74, 6) is 4.60. The number of hydrogen-bond acceptors (Lipinski definition) is 4. The zero-order valence-electron chi connectivity index (χ0n) is 19.5. The molecule has 1 heterocycles. The second-order valence-electron chi connectivity index (χ2n) is 8.94.